The van der Waals surface area contributed by atoms with E-state index in [4.69, 9.17) is 10.5 Å². The Morgan fingerprint density at radius 1 is 1.31 bits per heavy atom. The normalized spacial score (nSPS) is 24.1. The molecule has 0 aromatic heterocycles. The van der Waals surface area contributed by atoms with Gasteiger partial charge < -0.3 is 15.8 Å². The number of nitrogens with two attached hydrogens (primary N) is 1. The minimum Gasteiger partial charge on any atom is -0.381 e. The molecule has 1 unspecified atom stereocenters. The molecule has 1 heterocycles. The largest absolute Gasteiger partial charge is 0.381 e. The zero-order valence-corrected chi connectivity index (χ0v) is 9.78. The maximum atomic E-state index is 11.7. The molecule has 0 radical (unpaired) electrons. The molecule has 0 bridgehead atoms. The highest BCUT2D eigenvalue weighted by molar-refractivity contribution is 5.76. The summed E-state index contributed by atoms with van der Waals surface area (Å²) in [5.41, 5.74) is 5.93. The molecule has 2 aliphatic rings. The van der Waals surface area contributed by atoms with E-state index in [0.717, 1.165) is 26.1 Å². The summed E-state index contributed by atoms with van der Waals surface area (Å²) < 4.78 is 5.27. The van der Waals surface area contributed by atoms with Crippen molar-refractivity contribution in [2.24, 2.45) is 17.6 Å². The van der Waals surface area contributed by atoms with Crippen molar-refractivity contribution in [2.75, 3.05) is 19.8 Å². The highest BCUT2D eigenvalue weighted by Crippen LogP contribution is 2.31. The summed E-state index contributed by atoms with van der Waals surface area (Å²) in [6.45, 7) is 2.26. The van der Waals surface area contributed by atoms with Gasteiger partial charge >= 0.3 is 0 Å². The molecular weight excluding hydrogens is 204 g/mol. The van der Waals surface area contributed by atoms with Gasteiger partial charge in [-0.3, -0.25) is 4.79 Å². The molecule has 4 heteroatoms. The van der Waals surface area contributed by atoms with Crippen LogP contribution in [0, 0.1) is 11.8 Å². The Labute approximate surface area is 96.9 Å². The second kappa shape index (κ2) is 5.64. The lowest BCUT2D eigenvalue weighted by molar-refractivity contribution is -0.122. The molecule has 2 rings (SSSR count). The van der Waals surface area contributed by atoms with Gasteiger partial charge in [0.25, 0.3) is 0 Å². The third-order valence-electron chi connectivity index (χ3n) is 3.58. The Morgan fingerprint density at radius 3 is 2.62 bits per heavy atom. The standard InChI is InChI=1S/C12H22N2O2/c13-11(10-1-2-10)8-14-12(15)7-9-3-5-16-6-4-9/h9-11H,1-8,13H2,(H,14,15). The third-order valence-corrected chi connectivity index (χ3v) is 3.58. The fraction of sp³-hybridized carbons (Fsp3) is 0.917. The summed E-state index contributed by atoms with van der Waals surface area (Å²) in [6.07, 6.45) is 5.14. The first-order chi connectivity index (χ1) is 7.75. The number of amides is 1. The van der Waals surface area contributed by atoms with Gasteiger partial charge in [-0.2, -0.15) is 0 Å². The Bertz CT molecular complexity index is 235. The van der Waals surface area contributed by atoms with Crippen molar-refractivity contribution in [1.29, 1.82) is 0 Å². The lowest BCUT2D eigenvalue weighted by Crippen LogP contribution is -2.39. The maximum absolute atomic E-state index is 11.7. The van der Waals surface area contributed by atoms with Crippen LogP contribution in [-0.2, 0) is 9.53 Å². The number of hydrogen-bond acceptors (Lipinski definition) is 3. The number of hydrogen-bond donors (Lipinski definition) is 2. The zero-order chi connectivity index (χ0) is 11.4. The minimum absolute atomic E-state index is 0.156. The molecule has 0 aromatic carbocycles. The van der Waals surface area contributed by atoms with Gasteiger partial charge in [0.2, 0.25) is 5.91 Å². The van der Waals surface area contributed by atoms with E-state index in [1.54, 1.807) is 0 Å². The van der Waals surface area contributed by atoms with Crippen LogP contribution in [0.1, 0.15) is 32.1 Å². The highest BCUT2D eigenvalue weighted by atomic mass is 16.5. The minimum atomic E-state index is 0.156. The average Bonchev–Trinajstić information content (AvgIpc) is 3.11. The van der Waals surface area contributed by atoms with E-state index in [1.165, 1.54) is 12.8 Å². The molecule has 4 nitrogen and oxygen atoms in total. The smallest absolute Gasteiger partial charge is 0.220 e. The zero-order valence-electron chi connectivity index (χ0n) is 9.78. The molecular formula is C12H22N2O2. The molecule has 1 atom stereocenters. The predicted molar refractivity (Wildman–Crippen MR) is 61.9 cm³/mol. The Balaban J connectivity index is 1.59. The first-order valence-corrected chi connectivity index (χ1v) is 6.35. The van der Waals surface area contributed by atoms with Crippen LogP contribution in [0.4, 0.5) is 0 Å². The van der Waals surface area contributed by atoms with Gasteiger partial charge in [0.05, 0.1) is 0 Å². The molecule has 0 aromatic rings. The fourth-order valence-electron chi connectivity index (χ4n) is 2.21. The van der Waals surface area contributed by atoms with Gasteiger partial charge in [-0.1, -0.05) is 0 Å². The monoisotopic (exact) mass is 226 g/mol. The molecule has 2 fully saturated rings. The summed E-state index contributed by atoms with van der Waals surface area (Å²) >= 11 is 0. The van der Waals surface area contributed by atoms with Gasteiger partial charge in [0.1, 0.15) is 0 Å². The van der Waals surface area contributed by atoms with Crippen LogP contribution in [-0.4, -0.2) is 31.7 Å². The molecule has 3 N–H and O–H groups in total. The summed E-state index contributed by atoms with van der Waals surface area (Å²) in [6, 6.07) is 0.165. The Morgan fingerprint density at radius 2 is 2.00 bits per heavy atom. The first kappa shape index (κ1) is 11.9. The van der Waals surface area contributed by atoms with Crippen LogP contribution in [0.2, 0.25) is 0 Å². The van der Waals surface area contributed by atoms with Crippen LogP contribution in [0.15, 0.2) is 0 Å². The quantitative estimate of drug-likeness (QED) is 0.723. The summed E-state index contributed by atoms with van der Waals surface area (Å²) in [4.78, 5) is 11.7. The van der Waals surface area contributed by atoms with Crippen LogP contribution in [0.25, 0.3) is 0 Å². The Kier molecular flexibility index (Phi) is 4.18. The molecule has 1 saturated carbocycles. The van der Waals surface area contributed by atoms with E-state index in [9.17, 15) is 4.79 Å². The number of carbonyl (C=O) groups is 1. The van der Waals surface area contributed by atoms with Crippen molar-refractivity contribution in [2.45, 2.75) is 38.1 Å². The SMILES string of the molecule is NC(CNC(=O)CC1CCOCC1)C1CC1. The Hall–Kier alpha value is -0.610. The van der Waals surface area contributed by atoms with Crippen LogP contribution in [0.5, 0.6) is 0 Å². The van der Waals surface area contributed by atoms with E-state index in [2.05, 4.69) is 5.32 Å². The average molecular weight is 226 g/mol. The molecule has 0 spiro atoms. The van der Waals surface area contributed by atoms with Gasteiger partial charge in [0.15, 0.2) is 0 Å². The summed E-state index contributed by atoms with van der Waals surface area (Å²) in [7, 11) is 0. The number of ether oxygens (including phenoxy) is 1. The van der Waals surface area contributed by atoms with E-state index < -0.39 is 0 Å². The van der Waals surface area contributed by atoms with Gasteiger partial charge in [-0.25, -0.2) is 0 Å². The predicted octanol–water partition coefficient (Wildman–Crippen LogP) is 0.657. The summed E-state index contributed by atoms with van der Waals surface area (Å²) in [5, 5.41) is 2.95. The second-order valence-corrected chi connectivity index (χ2v) is 5.07. The lowest BCUT2D eigenvalue weighted by Gasteiger charge is -2.21. The molecule has 1 aliphatic carbocycles. The van der Waals surface area contributed by atoms with E-state index in [-0.39, 0.29) is 11.9 Å². The van der Waals surface area contributed by atoms with E-state index >= 15 is 0 Å². The van der Waals surface area contributed by atoms with Crippen molar-refractivity contribution in [3.63, 3.8) is 0 Å². The van der Waals surface area contributed by atoms with Crippen molar-refractivity contribution in [3.05, 3.63) is 0 Å². The topological polar surface area (TPSA) is 64.3 Å². The number of rotatable bonds is 5. The molecule has 1 saturated heterocycles. The van der Waals surface area contributed by atoms with Crippen molar-refractivity contribution >= 4 is 5.91 Å². The molecule has 92 valence electrons. The lowest BCUT2D eigenvalue weighted by atomic mass is 9.96. The fourth-order valence-corrected chi connectivity index (χ4v) is 2.21. The highest BCUT2D eigenvalue weighted by Gasteiger charge is 2.28. The van der Waals surface area contributed by atoms with Gasteiger partial charge in [-0.05, 0) is 37.5 Å². The number of carbonyl (C=O) groups excluding carboxylic acids is 1. The first-order valence-electron chi connectivity index (χ1n) is 6.35. The second-order valence-electron chi connectivity index (χ2n) is 5.07. The van der Waals surface area contributed by atoms with Crippen molar-refractivity contribution in [3.8, 4) is 0 Å². The van der Waals surface area contributed by atoms with Gasteiger partial charge in [-0.15, -0.1) is 0 Å². The van der Waals surface area contributed by atoms with Crippen molar-refractivity contribution < 1.29 is 9.53 Å². The maximum Gasteiger partial charge on any atom is 0.220 e. The molecule has 1 amide bonds. The van der Waals surface area contributed by atoms with Crippen molar-refractivity contribution in [1.82, 2.24) is 5.32 Å². The third kappa shape index (κ3) is 3.76. The van der Waals surface area contributed by atoms with Crippen LogP contribution >= 0.6 is 0 Å². The summed E-state index contributed by atoms with van der Waals surface area (Å²) in [5.74, 6) is 1.32. The van der Waals surface area contributed by atoms with E-state index in [1.807, 2.05) is 0 Å². The molecule has 16 heavy (non-hydrogen) atoms. The number of nitrogens with one attached hydrogen (secondary N) is 1. The van der Waals surface area contributed by atoms with E-state index in [0.29, 0.717) is 24.8 Å². The molecule has 1 aliphatic heterocycles. The van der Waals surface area contributed by atoms with Crippen LogP contribution in [0.3, 0.4) is 0 Å². The van der Waals surface area contributed by atoms with Gasteiger partial charge in [0, 0.05) is 32.2 Å². The van der Waals surface area contributed by atoms with Crippen LogP contribution < -0.4 is 11.1 Å².